The minimum absolute atomic E-state index is 0.233. The molecule has 0 spiro atoms. The number of rotatable bonds is 3. The largest absolute Gasteiger partial charge is 0.467 e. The molecule has 1 atom stereocenters. The van der Waals surface area contributed by atoms with Gasteiger partial charge >= 0.3 is 5.97 Å². The summed E-state index contributed by atoms with van der Waals surface area (Å²) in [5.74, 6) is -0.651. The molecule has 0 aliphatic carbocycles. The van der Waals surface area contributed by atoms with Crippen molar-refractivity contribution in [2.24, 2.45) is 0 Å². The van der Waals surface area contributed by atoms with Crippen LogP contribution in [0.25, 0.3) is 0 Å². The molecule has 0 saturated heterocycles. The molecule has 2 aromatic rings. The van der Waals surface area contributed by atoms with Crippen LogP contribution in [0.2, 0.25) is 0 Å². The van der Waals surface area contributed by atoms with Gasteiger partial charge in [0.15, 0.2) is 0 Å². The lowest BCUT2D eigenvalue weighted by Crippen LogP contribution is -2.60. The van der Waals surface area contributed by atoms with E-state index < -0.39 is 11.5 Å². The van der Waals surface area contributed by atoms with Crippen LogP contribution >= 0.6 is 0 Å². The van der Waals surface area contributed by atoms with E-state index >= 15 is 0 Å². The zero-order valence-corrected chi connectivity index (χ0v) is 12.3. The number of hydrogen-bond acceptors (Lipinski definition) is 3. The van der Waals surface area contributed by atoms with Gasteiger partial charge in [-0.2, -0.15) is 0 Å². The van der Waals surface area contributed by atoms with Gasteiger partial charge in [0.05, 0.1) is 7.11 Å². The van der Waals surface area contributed by atoms with E-state index in [-0.39, 0.29) is 5.91 Å². The highest BCUT2D eigenvalue weighted by atomic mass is 16.5. The fraction of sp³-hybridized carbons (Fsp3) is 0.222. The van der Waals surface area contributed by atoms with Crippen molar-refractivity contribution in [2.45, 2.75) is 18.4 Å². The molecule has 22 heavy (non-hydrogen) atoms. The normalized spacial score (nSPS) is 20.0. The molecule has 112 valence electrons. The molecule has 0 radical (unpaired) electrons. The van der Waals surface area contributed by atoms with Gasteiger partial charge in [-0.25, -0.2) is 4.79 Å². The fourth-order valence-electron chi connectivity index (χ4n) is 2.99. The lowest BCUT2D eigenvalue weighted by molar-refractivity contribution is -0.148. The van der Waals surface area contributed by atoms with Crippen molar-refractivity contribution in [3.63, 3.8) is 0 Å². The molecule has 1 N–H and O–H groups in total. The van der Waals surface area contributed by atoms with E-state index in [1.807, 2.05) is 48.5 Å². The summed E-state index contributed by atoms with van der Waals surface area (Å²) in [4.78, 5) is 24.8. The van der Waals surface area contributed by atoms with E-state index in [4.69, 9.17) is 4.74 Å². The molecule has 1 amide bonds. The molecular formula is C18H17NO3. The Labute approximate surface area is 129 Å². The van der Waals surface area contributed by atoms with Crippen LogP contribution in [0.15, 0.2) is 54.6 Å². The van der Waals surface area contributed by atoms with Crippen LogP contribution in [-0.2, 0) is 22.4 Å². The average Bonchev–Trinajstić information content (AvgIpc) is 2.55. The van der Waals surface area contributed by atoms with Crippen LogP contribution in [0.1, 0.15) is 21.5 Å². The topological polar surface area (TPSA) is 55.4 Å². The number of benzene rings is 2. The highest BCUT2D eigenvalue weighted by Crippen LogP contribution is 2.27. The molecule has 0 fully saturated rings. The van der Waals surface area contributed by atoms with Crippen molar-refractivity contribution < 1.29 is 14.3 Å². The van der Waals surface area contributed by atoms with Gasteiger partial charge in [-0.3, -0.25) is 4.79 Å². The summed E-state index contributed by atoms with van der Waals surface area (Å²) in [6, 6.07) is 17.0. The standard InChI is InChI=1S/C18H17NO3/c1-22-17(21)18(11-13-7-3-2-4-8-13)12-14-9-5-6-10-15(14)16(20)19-18/h2-10H,11-12H2,1H3,(H,19,20). The van der Waals surface area contributed by atoms with Crippen molar-refractivity contribution in [1.82, 2.24) is 5.32 Å². The SMILES string of the molecule is COC(=O)C1(Cc2ccccc2)Cc2ccccc2C(=O)N1. The Morgan fingerprint density at radius 2 is 1.82 bits per heavy atom. The van der Waals surface area contributed by atoms with Crippen molar-refractivity contribution in [3.05, 3.63) is 71.3 Å². The second-order valence-electron chi connectivity index (χ2n) is 5.52. The summed E-state index contributed by atoms with van der Waals surface area (Å²) < 4.78 is 4.97. The monoisotopic (exact) mass is 295 g/mol. The smallest absolute Gasteiger partial charge is 0.332 e. The molecule has 1 heterocycles. The number of ether oxygens (including phenoxy) is 1. The highest BCUT2D eigenvalue weighted by Gasteiger charge is 2.45. The van der Waals surface area contributed by atoms with Gasteiger partial charge in [0.25, 0.3) is 5.91 Å². The van der Waals surface area contributed by atoms with E-state index in [9.17, 15) is 9.59 Å². The molecule has 4 nitrogen and oxygen atoms in total. The average molecular weight is 295 g/mol. The second-order valence-corrected chi connectivity index (χ2v) is 5.52. The number of amides is 1. The third kappa shape index (κ3) is 2.48. The first-order valence-corrected chi connectivity index (χ1v) is 7.17. The Balaban J connectivity index is 2.02. The number of fused-ring (bicyclic) bond motifs is 1. The summed E-state index contributed by atoms with van der Waals surface area (Å²) in [7, 11) is 1.35. The van der Waals surface area contributed by atoms with E-state index in [0.29, 0.717) is 18.4 Å². The predicted octanol–water partition coefficient (Wildman–Crippen LogP) is 2.13. The van der Waals surface area contributed by atoms with Crippen molar-refractivity contribution in [2.75, 3.05) is 7.11 Å². The minimum atomic E-state index is -1.05. The molecule has 4 heteroatoms. The van der Waals surface area contributed by atoms with Crippen LogP contribution in [0.3, 0.4) is 0 Å². The first-order chi connectivity index (χ1) is 10.6. The Morgan fingerprint density at radius 1 is 1.14 bits per heavy atom. The quantitative estimate of drug-likeness (QED) is 0.883. The van der Waals surface area contributed by atoms with Crippen LogP contribution in [0.5, 0.6) is 0 Å². The zero-order chi connectivity index (χ0) is 15.6. The van der Waals surface area contributed by atoms with Gasteiger partial charge in [0, 0.05) is 18.4 Å². The van der Waals surface area contributed by atoms with E-state index in [0.717, 1.165) is 11.1 Å². The summed E-state index contributed by atoms with van der Waals surface area (Å²) in [5.41, 5.74) is 1.41. The molecule has 1 aliphatic rings. The predicted molar refractivity (Wildman–Crippen MR) is 82.5 cm³/mol. The van der Waals surface area contributed by atoms with E-state index in [1.54, 1.807) is 6.07 Å². The molecule has 1 unspecified atom stereocenters. The van der Waals surface area contributed by atoms with Gasteiger partial charge in [-0.15, -0.1) is 0 Å². The molecule has 0 aromatic heterocycles. The molecule has 3 rings (SSSR count). The maximum absolute atomic E-state index is 12.4. The van der Waals surface area contributed by atoms with Crippen LogP contribution in [0, 0.1) is 0 Å². The van der Waals surface area contributed by atoms with Crippen molar-refractivity contribution in [3.8, 4) is 0 Å². The number of hydrogen-bond donors (Lipinski definition) is 1. The summed E-state index contributed by atoms with van der Waals surface area (Å²) in [6.45, 7) is 0. The van der Waals surface area contributed by atoms with Crippen LogP contribution in [-0.4, -0.2) is 24.5 Å². The lowest BCUT2D eigenvalue weighted by Gasteiger charge is -2.36. The molecule has 0 bridgehead atoms. The summed E-state index contributed by atoms with van der Waals surface area (Å²) in [6.07, 6.45) is 0.830. The molecule has 1 aliphatic heterocycles. The third-order valence-electron chi connectivity index (χ3n) is 4.03. The van der Waals surface area contributed by atoms with Crippen molar-refractivity contribution >= 4 is 11.9 Å². The Kier molecular flexibility index (Phi) is 3.67. The van der Waals surface area contributed by atoms with Gasteiger partial charge in [0.2, 0.25) is 0 Å². The third-order valence-corrected chi connectivity index (χ3v) is 4.03. The maximum Gasteiger partial charge on any atom is 0.332 e. The highest BCUT2D eigenvalue weighted by molar-refractivity contribution is 6.01. The van der Waals surface area contributed by atoms with Crippen LogP contribution < -0.4 is 5.32 Å². The molecule has 0 saturated carbocycles. The molecule has 2 aromatic carbocycles. The van der Waals surface area contributed by atoms with Crippen LogP contribution in [0.4, 0.5) is 0 Å². The van der Waals surface area contributed by atoms with Crippen molar-refractivity contribution in [1.29, 1.82) is 0 Å². The van der Waals surface area contributed by atoms with Gasteiger partial charge in [-0.05, 0) is 17.2 Å². The van der Waals surface area contributed by atoms with E-state index in [1.165, 1.54) is 7.11 Å². The number of methoxy groups -OCH3 is 1. The Morgan fingerprint density at radius 3 is 2.55 bits per heavy atom. The lowest BCUT2D eigenvalue weighted by atomic mass is 9.80. The molecular weight excluding hydrogens is 278 g/mol. The first kappa shape index (κ1) is 14.3. The second kappa shape index (κ2) is 5.64. The van der Waals surface area contributed by atoms with E-state index in [2.05, 4.69) is 5.32 Å². The Hall–Kier alpha value is -2.62. The maximum atomic E-state index is 12.4. The van der Waals surface area contributed by atoms with Gasteiger partial charge in [-0.1, -0.05) is 48.5 Å². The summed E-state index contributed by atoms with van der Waals surface area (Å²) in [5, 5.41) is 2.87. The zero-order valence-electron chi connectivity index (χ0n) is 12.3. The number of carbonyl (C=O) groups is 2. The summed E-state index contributed by atoms with van der Waals surface area (Å²) >= 11 is 0. The number of nitrogens with one attached hydrogen (secondary N) is 1. The van der Waals surface area contributed by atoms with Gasteiger partial charge < -0.3 is 10.1 Å². The minimum Gasteiger partial charge on any atom is -0.467 e. The first-order valence-electron chi connectivity index (χ1n) is 7.17. The Bertz CT molecular complexity index is 711. The number of esters is 1. The number of carbonyl (C=O) groups excluding carboxylic acids is 2. The van der Waals surface area contributed by atoms with Gasteiger partial charge in [0.1, 0.15) is 5.54 Å². The fourth-order valence-corrected chi connectivity index (χ4v) is 2.99.